The fraction of sp³-hybridized carbons (Fsp3) is 0.538. The molecule has 1 rings (SSSR count). The number of rotatable bonds is 7. The van der Waals surface area contributed by atoms with Crippen molar-refractivity contribution in [2.75, 3.05) is 12.4 Å². The van der Waals surface area contributed by atoms with Gasteiger partial charge >= 0.3 is 0 Å². The Balaban J connectivity index is 2.05. The van der Waals surface area contributed by atoms with Crippen molar-refractivity contribution in [1.82, 2.24) is 0 Å². The molecule has 0 aromatic heterocycles. The Hall–Kier alpha value is 0.1000. The second-order valence-electron chi connectivity index (χ2n) is 3.93. The fourth-order valence-electron chi connectivity index (χ4n) is 1.24. The van der Waals surface area contributed by atoms with Crippen LogP contribution in [0.1, 0.15) is 26.7 Å². The molecule has 1 aromatic carbocycles. The molecular formula is C13H19IOS. The topological polar surface area (TPSA) is 9.23 Å². The quantitative estimate of drug-likeness (QED) is 0.525. The number of hydrogen-bond donors (Lipinski definition) is 0. The molecule has 0 amide bonds. The third-order valence-electron chi connectivity index (χ3n) is 2.07. The number of hydrogen-bond acceptors (Lipinski definition) is 2. The summed E-state index contributed by atoms with van der Waals surface area (Å²) < 4.78 is 6.90. The van der Waals surface area contributed by atoms with Crippen LogP contribution < -0.4 is 4.74 Å². The third-order valence-corrected chi connectivity index (χ3v) is 3.98. The molecule has 0 bridgehead atoms. The van der Waals surface area contributed by atoms with E-state index in [-0.39, 0.29) is 0 Å². The van der Waals surface area contributed by atoms with Gasteiger partial charge in [-0.2, -0.15) is 11.8 Å². The highest BCUT2D eigenvalue weighted by atomic mass is 127. The molecule has 0 spiro atoms. The smallest absolute Gasteiger partial charge is 0.119 e. The second-order valence-corrected chi connectivity index (χ2v) is 6.86. The molecule has 1 aromatic rings. The fourth-order valence-corrected chi connectivity index (χ4v) is 2.45. The first-order valence-electron chi connectivity index (χ1n) is 5.68. The number of ether oxygens (including phenoxy) is 1. The van der Waals surface area contributed by atoms with Gasteiger partial charge in [0.25, 0.3) is 0 Å². The van der Waals surface area contributed by atoms with Crippen molar-refractivity contribution in [1.29, 1.82) is 0 Å². The van der Waals surface area contributed by atoms with Gasteiger partial charge in [0.15, 0.2) is 0 Å². The zero-order chi connectivity index (χ0) is 11.8. The summed E-state index contributed by atoms with van der Waals surface area (Å²) in [6.45, 7) is 5.32. The van der Waals surface area contributed by atoms with Crippen molar-refractivity contribution in [3.63, 3.8) is 0 Å². The molecule has 0 radical (unpaired) electrons. The molecule has 16 heavy (non-hydrogen) atoms. The summed E-state index contributed by atoms with van der Waals surface area (Å²) >= 11 is 4.32. The SMILES string of the molecule is CC(C)SCCCCOc1ccc(I)cc1. The van der Waals surface area contributed by atoms with Crippen LogP contribution in [0.4, 0.5) is 0 Å². The monoisotopic (exact) mass is 350 g/mol. The molecule has 90 valence electrons. The Morgan fingerprint density at radius 1 is 1.19 bits per heavy atom. The van der Waals surface area contributed by atoms with Gasteiger partial charge in [-0.3, -0.25) is 0 Å². The molecule has 1 nitrogen and oxygen atoms in total. The van der Waals surface area contributed by atoms with Crippen LogP contribution in [-0.4, -0.2) is 17.6 Å². The summed E-state index contributed by atoms with van der Waals surface area (Å²) in [5.74, 6) is 2.23. The van der Waals surface area contributed by atoms with Crippen molar-refractivity contribution in [3.8, 4) is 5.75 Å². The molecule has 0 aliphatic carbocycles. The Morgan fingerprint density at radius 3 is 2.50 bits per heavy atom. The zero-order valence-corrected chi connectivity index (χ0v) is 12.9. The van der Waals surface area contributed by atoms with E-state index in [9.17, 15) is 0 Å². The highest BCUT2D eigenvalue weighted by Gasteiger charge is 1.96. The lowest BCUT2D eigenvalue weighted by molar-refractivity contribution is 0.310. The number of benzene rings is 1. The molecule has 0 atom stereocenters. The van der Waals surface area contributed by atoms with Gasteiger partial charge in [0.1, 0.15) is 5.75 Å². The normalized spacial score (nSPS) is 10.8. The molecule has 0 unspecified atom stereocenters. The van der Waals surface area contributed by atoms with E-state index < -0.39 is 0 Å². The first-order valence-corrected chi connectivity index (χ1v) is 7.81. The van der Waals surface area contributed by atoms with Gasteiger partial charge in [-0.1, -0.05) is 13.8 Å². The minimum absolute atomic E-state index is 0.747. The van der Waals surface area contributed by atoms with Gasteiger partial charge < -0.3 is 4.74 Å². The van der Waals surface area contributed by atoms with E-state index in [1.54, 1.807) is 0 Å². The Bertz CT molecular complexity index is 284. The predicted molar refractivity (Wildman–Crippen MR) is 81.5 cm³/mol. The van der Waals surface area contributed by atoms with Crippen LogP contribution in [0.3, 0.4) is 0 Å². The lowest BCUT2D eigenvalue weighted by Crippen LogP contribution is -1.98. The molecule has 0 aliphatic heterocycles. The summed E-state index contributed by atoms with van der Waals surface area (Å²) in [6.07, 6.45) is 2.39. The van der Waals surface area contributed by atoms with E-state index in [4.69, 9.17) is 4.74 Å². The number of thioether (sulfide) groups is 1. The standard InChI is InChI=1S/C13H19IOS/c1-11(2)16-10-4-3-9-15-13-7-5-12(14)6-8-13/h5-8,11H,3-4,9-10H2,1-2H3. The predicted octanol–water partition coefficient (Wildman–Crippen LogP) is 4.59. The van der Waals surface area contributed by atoms with Gasteiger partial charge in [0, 0.05) is 3.57 Å². The molecule has 0 saturated heterocycles. The van der Waals surface area contributed by atoms with Crippen LogP contribution in [-0.2, 0) is 0 Å². The minimum atomic E-state index is 0.747. The maximum absolute atomic E-state index is 5.66. The highest BCUT2D eigenvalue weighted by molar-refractivity contribution is 14.1. The van der Waals surface area contributed by atoms with E-state index in [1.165, 1.54) is 15.7 Å². The van der Waals surface area contributed by atoms with E-state index in [1.807, 2.05) is 23.9 Å². The third kappa shape index (κ3) is 6.63. The van der Waals surface area contributed by atoms with Gasteiger partial charge in [-0.05, 0) is 70.7 Å². The number of halogens is 1. The van der Waals surface area contributed by atoms with Crippen molar-refractivity contribution >= 4 is 34.4 Å². The van der Waals surface area contributed by atoms with Crippen LogP contribution in [0.5, 0.6) is 5.75 Å². The molecule has 0 heterocycles. The minimum Gasteiger partial charge on any atom is -0.494 e. The summed E-state index contributed by atoms with van der Waals surface area (Å²) in [4.78, 5) is 0. The van der Waals surface area contributed by atoms with Crippen molar-refractivity contribution in [3.05, 3.63) is 27.8 Å². The summed E-state index contributed by atoms with van der Waals surface area (Å²) in [5.41, 5.74) is 0. The van der Waals surface area contributed by atoms with Crippen LogP contribution in [0, 0.1) is 3.57 Å². The molecule has 0 saturated carbocycles. The molecule has 3 heteroatoms. The lowest BCUT2D eigenvalue weighted by Gasteiger charge is -2.07. The van der Waals surface area contributed by atoms with Gasteiger partial charge in [-0.25, -0.2) is 0 Å². The summed E-state index contributed by atoms with van der Waals surface area (Å²) in [7, 11) is 0. The van der Waals surface area contributed by atoms with Crippen molar-refractivity contribution < 1.29 is 4.74 Å². The second kappa shape index (κ2) is 8.23. The molecular weight excluding hydrogens is 331 g/mol. The van der Waals surface area contributed by atoms with Gasteiger partial charge in [0.05, 0.1) is 6.61 Å². The Kier molecular flexibility index (Phi) is 7.28. The van der Waals surface area contributed by atoms with Gasteiger partial charge in [-0.15, -0.1) is 0 Å². The highest BCUT2D eigenvalue weighted by Crippen LogP contribution is 2.15. The largest absolute Gasteiger partial charge is 0.494 e. The lowest BCUT2D eigenvalue weighted by atomic mass is 10.3. The summed E-state index contributed by atoms with van der Waals surface area (Å²) in [6, 6.07) is 8.21. The molecule has 0 N–H and O–H groups in total. The van der Waals surface area contributed by atoms with Crippen LogP contribution in [0.2, 0.25) is 0 Å². The molecule has 0 fully saturated rings. The average Bonchev–Trinajstić information content (AvgIpc) is 2.25. The van der Waals surface area contributed by atoms with Crippen molar-refractivity contribution in [2.24, 2.45) is 0 Å². The molecule has 0 aliphatic rings. The van der Waals surface area contributed by atoms with E-state index in [0.29, 0.717) is 0 Å². The first-order chi connectivity index (χ1) is 7.68. The summed E-state index contributed by atoms with van der Waals surface area (Å²) in [5, 5.41) is 0.747. The maximum Gasteiger partial charge on any atom is 0.119 e. The van der Waals surface area contributed by atoms with Gasteiger partial charge in [0.2, 0.25) is 0 Å². The van der Waals surface area contributed by atoms with Crippen LogP contribution in [0.15, 0.2) is 24.3 Å². The first kappa shape index (κ1) is 14.2. The zero-order valence-electron chi connectivity index (χ0n) is 9.91. The Morgan fingerprint density at radius 2 is 1.88 bits per heavy atom. The van der Waals surface area contributed by atoms with Crippen LogP contribution >= 0.6 is 34.4 Å². The van der Waals surface area contributed by atoms with E-state index in [2.05, 4.69) is 48.6 Å². The Labute approximate surface area is 116 Å². The number of unbranched alkanes of at least 4 members (excludes halogenated alkanes) is 1. The maximum atomic E-state index is 5.66. The van der Waals surface area contributed by atoms with E-state index >= 15 is 0 Å². The van der Waals surface area contributed by atoms with Crippen molar-refractivity contribution in [2.45, 2.75) is 31.9 Å². The van der Waals surface area contributed by atoms with Crippen LogP contribution in [0.25, 0.3) is 0 Å². The average molecular weight is 350 g/mol. The van der Waals surface area contributed by atoms with E-state index in [0.717, 1.165) is 24.0 Å².